The zero-order chi connectivity index (χ0) is 12.8. The van der Waals surface area contributed by atoms with Gasteiger partial charge in [-0.3, -0.25) is 0 Å². The number of alkyl halides is 2. The van der Waals surface area contributed by atoms with Gasteiger partial charge >= 0.3 is 5.25 Å². The molecule has 4 N–H and O–H groups in total. The maximum Gasteiger partial charge on any atom is 0.390 e. The predicted octanol–water partition coefficient (Wildman–Crippen LogP) is 2.33. The van der Waals surface area contributed by atoms with Gasteiger partial charge in [-0.05, 0) is 37.5 Å². The van der Waals surface area contributed by atoms with Crippen molar-refractivity contribution >= 4 is 10.9 Å². The maximum atomic E-state index is 13.1. The van der Waals surface area contributed by atoms with Crippen molar-refractivity contribution < 1.29 is 32.3 Å². The first-order valence-electron chi connectivity index (χ1n) is 5.43. The van der Waals surface area contributed by atoms with E-state index in [1.54, 1.807) is 0 Å². The number of aliphatic hydroxyl groups is 1. The van der Waals surface area contributed by atoms with Gasteiger partial charge in [-0.1, -0.05) is 0 Å². The summed E-state index contributed by atoms with van der Waals surface area (Å²) >= 11 is 0. The highest BCUT2D eigenvalue weighted by atomic mass is 32.3. The number of aliphatic hydroxyl groups excluding tert-OH is 1. The van der Waals surface area contributed by atoms with E-state index in [1.807, 2.05) is 0 Å². The molecule has 17 heavy (non-hydrogen) atoms. The summed E-state index contributed by atoms with van der Waals surface area (Å²) in [4.78, 5) is 0. The van der Waals surface area contributed by atoms with Crippen LogP contribution in [-0.4, -0.2) is 36.4 Å². The van der Waals surface area contributed by atoms with E-state index in [1.165, 1.54) is 0 Å². The molecule has 2 rings (SSSR count). The fourth-order valence-corrected chi connectivity index (χ4v) is 3.06. The molecule has 8 heteroatoms. The molecule has 2 aliphatic carbocycles. The Labute approximate surface area is 99.0 Å². The zero-order valence-electron chi connectivity index (χ0n) is 9.00. The lowest BCUT2D eigenvalue weighted by atomic mass is 9.98. The van der Waals surface area contributed by atoms with Crippen molar-refractivity contribution in [3.8, 4) is 0 Å². The van der Waals surface area contributed by atoms with Gasteiger partial charge in [0.25, 0.3) is 0 Å². The first-order chi connectivity index (χ1) is 7.72. The number of rotatable bonds is 4. The summed E-state index contributed by atoms with van der Waals surface area (Å²) in [5.74, 6) is 0.589. The third-order valence-electron chi connectivity index (χ3n) is 3.63. The van der Waals surface area contributed by atoms with Crippen molar-refractivity contribution in [2.75, 3.05) is 0 Å². The highest BCUT2D eigenvalue weighted by Crippen LogP contribution is 2.54. The number of ether oxygens (including phenoxy) is 1. The van der Waals surface area contributed by atoms with Crippen LogP contribution in [0.1, 0.15) is 25.7 Å². The summed E-state index contributed by atoms with van der Waals surface area (Å²) in [5, 5.41) is 4.71. The van der Waals surface area contributed by atoms with Crippen LogP contribution < -0.4 is 0 Å². The quantitative estimate of drug-likeness (QED) is 0.591. The van der Waals surface area contributed by atoms with E-state index in [2.05, 4.69) is 0 Å². The van der Waals surface area contributed by atoms with Crippen LogP contribution in [0.25, 0.3) is 0 Å². The molecule has 2 aliphatic rings. The Morgan fingerprint density at radius 2 is 1.82 bits per heavy atom. The predicted molar refractivity (Wildman–Crippen MR) is 56.8 cm³/mol. The molecule has 2 saturated carbocycles. The number of hydrogen-bond donors (Lipinski definition) is 4. The molecule has 0 aromatic rings. The first kappa shape index (κ1) is 13.4. The standard InChI is InChI=1S/C9H16F2O5S/c10-9(11,17(13,14)15)8(12)16-7-4-5-1-2-6(7)3-5/h5-8,12-15H,1-4H2. The molecule has 2 bridgehead atoms. The van der Waals surface area contributed by atoms with E-state index in [0.29, 0.717) is 12.3 Å². The normalized spacial score (nSPS) is 36.2. The fraction of sp³-hybridized carbons (Fsp3) is 1.00. The molecule has 4 unspecified atom stereocenters. The Morgan fingerprint density at radius 3 is 2.24 bits per heavy atom. The maximum absolute atomic E-state index is 13.1. The largest absolute Gasteiger partial charge is 0.390 e. The highest BCUT2D eigenvalue weighted by Gasteiger charge is 2.56. The van der Waals surface area contributed by atoms with Crippen molar-refractivity contribution in [1.82, 2.24) is 0 Å². The second-order valence-electron chi connectivity index (χ2n) is 4.78. The third-order valence-corrected chi connectivity index (χ3v) is 4.56. The van der Waals surface area contributed by atoms with Crippen molar-refractivity contribution in [2.24, 2.45) is 11.8 Å². The van der Waals surface area contributed by atoms with E-state index in [-0.39, 0.29) is 5.92 Å². The molecule has 0 heterocycles. The van der Waals surface area contributed by atoms with Crippen molar-refractivity contribution in [2.45, 2.75) is 43.3 Å². The van der Waals surface area contributed by atoms with Crippen molar-refractivity contribution in [1.29, 1.82) is 0 Å². The smallest absolute Gasteiger partial charge is 0.362 e. The minimum atomic E-state index is -5.16. The van der Waals surface area contributed by atoms with Gasteiger partial charge < -0.3 is 23.5 Å². The topological polar surface area (TPSA) is 90.2 Å². The average molecular weight is 274 g/mol. The Bertz CT molecular complexity index is 296. The number of hydrogen-bond acceptors (Lipinski definition) is 5. The summed E-state index contributed by atoms with van der Waals surface area (Å²) in [6, 6.07) is 0. The molecular weight excluding hydrogens is 258 g/mol. The molecule has 0 amide bonds. The molecule has 0 aromatic carbocycles. The second kappa shape index (κ2) is 4.29. The van der Waals surface area contributed by atoms with Crippen LogP contribution in [0, 0.1) is 11.8 Å². The summed E-state index contributed by atoms with van der Waals surface area (Å²) in [5.41, 5.74) is 0. The minimum absolute atomic E-state index is 0.144. The molecule has 5 nitrogen and oxygen atoms in total. The summed E-state index contributed by atoms with van der Waals surface area (Å²) in [7, 11) is -5.16. The summed E-state index contributed by atoms with van der Waals surface area (Å²) in [6.45, 7) is 0. The van der Waals surface area contributed by atoms with Crippen LogP contribution in [0.2, 0.25) is 0 Å². The molecular formula is C9H16F2O5S. The van der Waals surface area contributed by atoms with Gasteiger partial charge in [0.15, 0.2) is 10.9 Å². The zero-order valence-corrected chi connectivity index (χ0v) is 9.82. The molecule has 0 saturated heterocycles. The van der Waals surface area contributed by atoms with Crippen molar-refractivity contribution in [3.63, 3.8) is 0 Å². The van der Waals surface area contributed by atoms with Crippen LogP contribution in [0.5, 0.6) is 0 Å². The lowest BCUT2D eigenvalue weighted by Gasteiger charge is -2.34. The highest BCUT2D eigenvalue weighted by molar-refractivity contribution is 8.20. The molecule has 0 aliphatic heterocycles. The molecule has 2 fully saturated rings. The average Bonchev–Trinajstić information content (AvgIpc) is 2.76. The lowest BCUT2D eigenvalue weighted by molar-refractivity contribution is -0.229. The van der Waals surface area contributed by atoms with Crippen molar-refractivity contribution in [3.05, 3.63) is 0 Å². The molecule has 0 spiro atoms. The Hall–Kier alpha value is 0.01000. The minimum Gasteiger partial charge on any atom is -0.362 e. The van der Waals surface area contributed by atoms with Gasteiger partial charge in [0, 0.05) is 0 Å². The fourth-order valence-electron chi connectivity index (χ4n) is 2.73. The van der Waals surface area contributed by atoms with Gasteiger partial charge in [-0.25, -0.2) is 0 Å². The molecule has 0 radical (unpaired) electrons. The third kappa shape index (κ3) is 2.42. The van der Waals surface area contributed by atoms with E-state index in [4.69, 9.17) is 23.5 Å². The van der Waals surface area contributed by atoms with Gasteiger partial charge in [-0.15, -0.1) is 0 Å². The van der Waals surface area contributed by atoms with Crippen LogP contribution in [0.15, 0.2) is 0 Å². The summed E-state index contributed by atoms with van der Waals surface area (Å²) < 4.78 is 56.6. The van der Waals surface area contributed by atoms with E-state index in [0.717, 1.165) is 19.3 Å². The Balaban J connectivity index is 1.95. The van der Waals surface area contributed by atoms with Gasteiger partial charge in [0.1, 0.15) is 0 Å². The summed E-state index contributed by atoms with van der Waals surface area (Å²) in [6.07, 6.45) is 0.244. The lowest BCUT2D eigenvalue weighted by Crippen LogP contribution is -2.43. The monoisotopic (exact) mass is 274 g/mol. The number of fused-ring (bicyclic) bond motifs is 2. The van der Waals surface area contributed by atoms with Crippen LogP contribution in [0.3, 0.4) is 0 Å². The number of halogens is 2. The van der Waals surface area contributed by atoms with E-state index in [9.17, 15) is 8.78 Å². The Kier molecular flexibility index (Phi) is 3.39. The first-order valence-corrected chi connectivity index (χ1v) is 6.93. The molecule has 4 atom stereocenters. The molecule has 102 valence electrons. The SMILES string of the molecule is OC(OC1CC2CCC1C2)C(F)(F)S(O)(O)O. The van der Waals surface area contributed by atoms with Crippen LogP contribution >= 0.6 is 10.9 Å². The van der Waals surface area contributed by atoms with Crippen LogP contribution in [0.4, 0.5) is 8.78 Å². The Morgan fingerprint density at radius 1 is 1.18 bits per heavy atom. The van der Waals surface area contributed by atoms with Gasteiger partial charge in [0.2, 0.25) is 6.29 Å². The van der Waals surface area contributed by atoms with Gasteiger partial charge in [-0.2, -0.15) is 8.78 Å². The second-order valence-corrected chi connectivity index (χ2v) is 6.36. The van der Waals surface area contributed by atoms with Crippen LogP contribution in [-0.2, 0) is 4.74 Å². The van der Waals surface area contributed by atoms with E-state index < -0.39 is 28.5 Å². The molecule has 0 aromatic heterocycles. The van der Waals surface area contributed by atoms with Gasteiger partial charge in [0.05, 0.1) is 6.10 Å². The van der Waals surface area contributed by atoms with E-state index >= 15 is 0 Å².